The van der Waals surface area contributed by atoms with Gasteiger partial charge in [-0.1, -0.05) is 25.4 Å². The summed E-state index contributed by atoms with van der Waals surface area (Å²) in [5, 5.41) is 0.679. The van der Waals surface area contributed by atoms with Gasteiger partial charge in [-0.05, 0) is 36.4 Å². The number of rotatable bonds is 3. The van der Waals surface area contributed by atoms with Crippen molar-refractivity contribution in [2.45, 2.75) is 13.8 Å². The van der Waals surface area contributed by atoms with Crippen molar-refractivity contribution in [3.8, 4) is 11.3 Å². The van der Waals surface area contributed by atoms with Gasteiger partial charge in [0.25, 0.3) is 0 Å². The van der Waals surface area contributed by atoms with Gasteiger partial charge in [-0.15, -0.1) is 0 Å². The highest BCUT2D eigenvalue weighted by molar-refractivity contribution is 6.30. The van der Waals surface area contributed by atoms with E-state index >= 15 is 0 Å². The number of Topliss-reactive ketones (excluding diaryl/α,β-unsaturated/α-hetero) is 1. The Bertz CT molecular complexity index is 523. The average Bonchev–Trinajstić information content (AvgIpc) is 2.78. The normalized spacial score (nSPS) is 10.8. The molecule has 0 radical (unpaired) electrons. The number of furan rings is 1. The summed E-state index contributed by atoms with van der Waals surface area (Å²) in [6.07, 6.45) is 0. The summed E-state index contributed by atoms with van der Waals surface area (Å²) in [5.74, 6) is 1.06. The van der Waals surface area contributed by atoms with Crippen LogP contribution in [0.1, 0.15) is 24.4 Å². The SMILES string of the molecule is CC(C)C(=O)c1ccc(-c2ccc(Cl)cc2)o1. The monoisotopic (exact) mass is 248 g/mol. The van der Waals surface area contributed by atoms with E-state index in [1.165, 1.54) is 0 Å². The van der Waals surface area contributed by atoms with Crippen LogP contribution < -0.4 is 0 Å². The zero-order valence-corrected chi connectivity index (χ0v) is 10.5. The van der Waals surface area contributed by atoms with Crippen LogP contribution in [0.2, 0.25) is 5.02 Å². The van der Waals surface area contributed by atoms with E-state index in [2.05, 4.69) is 0 Å². The van der Waals surface area contributed by atoms with Crippen LogP contribution in [0.15, 0.2) is 40.8 Å². The minimum Gasteiger partial charge on any atom is -0.453 e. The molecule has 1 aromatic heterocycles. The quantitative estimate of drug-likeness (QED) is 0.752. The molecule has 0 saturated carbocycles. The maximum absolute atomic E-state index is 11.7. The molecule has 0 atom stereocenters. The van der Waals surface area contributed by atoms with Crippen molar-refractivity contribution in [2.75, 3.05) is 0 Å². The first-order valence-corrected chi connectivity index (χ1v) is 5.85. The molecule has 0 amide bonds. The van der Waals surface area contributed by atoms with Gasteiger partial charge in [0.15, 0.2) is 5.76 Å². The predicted molar refractivity (Wildman–Crippen MR) is 68.3 cm³/mol. The van der Waals surface area contributed by atoms with E-state index in [-0.39, 0.29) is 11.7 Å². The second-order valence-electron chi connectivity index (χ2n) is 4.19. The van der Waals surface area contributed by atoms with E-state index in [0.717, 1.165) is 5.56 Å². The summed E-state index contributed by atoms with van der Waals surface area (Å²) in [4.78, 5) is 11.7. The lowest BCUT2D eigenvalue weighted by Crippen LogP contribution is -2.05. The number of ketones is 1. The Labute approximate surface area is 105 Å². The van der Waals surface area contributed by atoms with Crippen molar-refractivity contribution in [3.05, 3.63) is 47.2 Å². The Morgan fingerprint density at radius 2 is 1.76 bits per heavy atom. The molecular formula is C14H13ClO2. The highest BCUT2D eigenvalue weighted by Crippen LogP contribution is 2.24. The van der Waals surface area contributed by atoms with Crippen LogP contribution in [-0.2, 0) is 0 Å². The number of carbonyl (C=O) groups is 1. The molecule has 1 heterocycles. The van der Waals surface area contributed by atoms with Gasteiger partial charge in [0.05, 0.1) is 0 Å². The lowest BCUT2D eigenvalue weighted by atomic mass is 10.1. The first kappa shape index (κ1) is 11.9. The average molecular weight is 249 g/mol. The molecule has 17 heavy (non-hydrogen) atoms. The van der Waals surface area contributed by atoms with Gasteiger partial charge in [0, 0.05) is 16.5 Å². The van der Waals surface area contributed by atoms with E-state index in [1.54, 1.807) is 24.3 Å². The molecule has 0 spiro atoms. The standard InChI is InChI=1S/C14H13ClO2/c1-9(2)14(16)13-8-7-12(17-13)10-3-5-11(15)6-4-10/h3-9H,1-2H3. The van der Waals surface area contributed by atoms with Crippen LogP contribution in [0.4, 0.5) is 0 Å². The van der Waals surface area contributed by atoms with Gasteiger partial charge in [0.2, 0.25) is 5.78 Å². The largest absolute Gasteiger partial charge is 0.453 e. The number of halogens is 1. The van der Waals surface area contributed by atoms with Gasteiger partial charge in [-0.25, -0.2) is 0 Å². The predicted octanol–water partition coefficient (Wildman–Crippen LogP) is 4.44. The molecule has 0 unspecified atom stereocenters. The lowest BCUT2D eigenvalue weighted by Gasteiger charge is -2.00. The van der Waals surface area contributed by atoms with Crippen LogP contribution >= 0.6 is 11.6 Å². The maximum Gasteiger partial charge on any atom is 0.200 e. The first-order valence-electron chi connectivity index (χ1n) is 5.48. The number of benzene rings is 1. The Morgan fingerprint density at radius 3 is 2.35 bits per heavy atom. The van der Waals surface area contributed by atoms with Crippen LogP contribution in [0.5, 0.6) is 0 Å². The van der Waals surface area contributed by atoms with Gasteiger partial charge in [0.1, 0.15) is 5.76 Å². The summed E-state index contributed by atoms with van der Waals surface area (Å²) in [6, 6.07) is 10.8. The summed E-state index contributed by atoms with van der Waals surface area (Å²) >= 11 is 5.81. The van der Waals surface area contributed by atoms with Gasteiger partial charge < -0.3 is 4.42 Å². The van der Waals surface area contributed by atoms with E-state index < -0.39 is 0 Å². The third-order valence-corrected chi connectivity index (χ3v) is 2.75. The molecule has 0 bridgehead atoms. The number of hydrogen-bond acceptors (Lipinski definition) is 2. The molecule has 0 fully saturated rings. The fourth-order valence-electron chi connectivity index (χ4n) is 1.52. The maximum atomic E-state index is 11.7. The molecule has 3 heteroatoms. The third kappa shape index (κ3) is 2.59. The fraction of sp³-hybridized carbons (Fsp3) is 0.214. The van der Waals surface area contributed by atoms with Crippen molar-refractivity contribution in [2.24, 2.45) is 5.92 Å². The molecule has 2 rings (SSSR count). The second-order valence-corrected chi connectivity index (χ2v) is 4.63. The third-order valence-electron chi connectivity index (χ3n) is 2.50. The van der Waals surface area contributed by atoms with E-state index in [1.807, 2.05) is 26.0 Å². The molecule has 88 valence electrons. The fourth-order valence-corrected chi connectivity index (χ4v) is 1.65. The number of hydrogen-bond donors (Lipinski definition) is 0. The summed E-state index contributed by atoms with van der Waals surface area (Å²) in [6.45, 7) is 3.71. The Hall–Kier alpha value is -1.54. The molecule has 0 aliphatic heterocycles. The minimum atomic E-state index is -0.0563. The van der Waals surface area contributed by atoms with Crippen molar-refractivity contribution < 1.29 is 9.21 Å². The number of carbonyl (C=O) groups excluding carboxylic acids is 1. The van der Waals surface area contributed by atoms with Crippen molar-refractivity contribution in [1.29, 1.82) is 0 Å². The Balaban J connectivity index is 2.30. The van der Waals surface area contributed by atoms with Crippen LogP contribution in [0.3, 0.4) is 0 Å². The summed E-state index contributed by atoms with van der Waals surface area (Å²) in [7, 11) is 0. The van der Waals surface area contributed by atoms with Crippen molar-refractivity contribution in [1.82, 2.24) is 0 Å². The molecule has 1 aromatic carbocycles. The Kier molecular flexibility index (Phi) is 3.34. The van der Waals surface area contributed by atoms with Crippen LogP contribution in [-0.4, -0.2) is 5.78 Å². The smallest absolute Gasteiger partial charge is 0.200 e. The van der Waals surface area contributed by atoms with Crippen molar-refractivity contribution in [3.63, 3.8) is 0 Å². The zero-order chi connectivity index (χ0) is 12.4. The molecule has 0 aliphatic carbocycles. The van der Waals surface area contributed by atoms with E-state index in [0.29, 0.717) is 16.5 Å². The van der Waals surface area contributed by atoms with Gasteiger partial charge in [-0.3, -0.25) is 4.79 Å². The molecule has 0 N–H and O–H groups in total. The summed E-state index contributed by atoms with van der Waals surface area (Å²) in [5.41, 5.74) is 0.914. The molecule has 0 aliphatic rings. The van der Waals surface area contributed by atoms with E-state index in [4.69, 9.17) is 16.0 Å². The second kappa shape index (κ2) is 4.76. The molecular weight excluding hydrogens is 236 g/mol. The first-order chi connectivity index (χ1) is 8.08. The van der Waals surface area contributed by atoms with Gasteiger partial charge >= 0.3 is 0 Å². The molecule has 2 nitrogen and oxygen atoms in total. The summed E-state index contributed by atoms with van der Waals surface area (Å²) < 4.78 is 5.54. The lowest BCUT2D eigenvalue weighted by molar-refractivity contribution is 0.0912. The minimum absolute atomic E-state index is 0.0187. The van der Waals surface area contributed by atoms with Crippen LogP contribution in [0, 0.1) is 5.92 Å². The highest BCUT2D eigenvalue weighted by Gasteiger charge is 2.15. The van der Waals surface area contributed by atoms with Crippen LogP contribution in [0.25, 0.3) is 11.3 Å². The van der Waals surface area contributed by atoms with Gasteiger partial charge in [-0.2, -0.15) is 0 Å². The highest BCUT2D eigenvalue weighted by atomic mass is 35.5. The van der Waals surface area contributed by atoms with E-state index in [9.17, 15) is 4.79 Å². The molecule has 2 aromatic rings. The zero-order valence-electron chi connectivity index (χ0n) is 9.74. The topological polar surface area (TPSA) is 30.2 Å². The van der Waals surface area contributed by atoms with Crippen molar-refractivity contribution >= 4 is 17.4 Å². The Morgan fingerprint density at radius 1 is 1.12 bits per heavy atom. The molecule has 0 saturated heterocycles.